The molecule has 0 spiro atoms. The molecule has 0 unspecified atom stereocenters. The van der Waals surface area contributed by atoms with Crippen LogP contribution in [0.2, 0.25) is 0 Å². The summed E-state index contributed by atoms with van der Waals surface area (Å²) in [7, 11) is 0. The summed E-state index contributed by atoms with van der Waals surface area (Å²) in [5, 5.41) is 0. The summed E-state index contributed by atoms with van der Waals surface area (Å²) in [6, 6.07) is 0. The Morgan fingerprint density at radius 2 is 1.83 bits per heavy atom. The van der Waals surface area contributed by atoms with Crippen molar-refractivity contribution >= 4 is 5.78 Å². The van der Waals surface area contributed by atoms with E-state index in [0.717, 1.165) is 30.4 Å². The van der Waals surface area contributed by atoms with E-state index in [1.807, 2.05) is 13.8 Å². The third-order valence-corrected chi connectivity index (χ3v) is 4.81. The Balaban J connectivity index is 1.86. The number of carbonyl (C=O) groups excluding carboxylic acids is 1. The molecule has 1 saturated carbocycles. The smallest absolute Gasteiger partial charge is 0.161 e. The third-order valence-electron chi connectivity index (χ3n) is 4.81. The maximum atomic E-state index is 12.4. The molecule has 1 aliphatic carbocycles. The van der Waals surface area contributed by atoms with Crippen LogP contribution in [0.1, 0.15) is 53.4 Å². The summed E-state index contributed by atoms with van der Waals surface area (Å²) in [6.07, 6.45) is 3.84. The molecular weight excluding hydrogens is 228 g/mol. The quantitative estimate of drug-likeness (QED) is 0.490. The number of carbonyl (C=O) groups is 1. The minimum atomic E-state index is -0.212. The van der Waals surface area contributed by atoms with Gasteiger partial charge in [-0.05, 0) is 46.1 Å². The average Bonchev–Trinajstić information content (AvgIpc) is 3.09. The van der Waals surface area contributed by atoms with Crippen LogP contribution in [0.25, 0.3) is 0 Å². The van der Waals surface area contributed by atoms with Crippen LogP contribution in [-0.2, 0) is 14.3 Å². The lowest BCUT2D eigenvalue weighted by Crippen LogP contribution is -2.23. The third kappa shape index (κ3) is 1.94. The van der Waals surface area contributed by atoms with E-state index in [-0.39, 0.29) is 29.2 Å². The summed E-state index contributed by atoms with van der Waals surface area (Å²) < 4.78 is 11.6. The van der Waals surface area contributed by atoms with Crippen LogP contribution in [0.4, 0.5) is 0 Å². The monoisotopic (exact) mass is 250 g/mol. The Morgan fingerprint density at radius 1 is 1.17 bits per heavy atom. The van der Waals surface area contributed by atoms with Gasteiger partial charge in [-0.3, -0.25) is 4.79 Å². The highest BCUT2D eigenvalue weighted by molar-refractivity contribution is 5.97. The molecule has 0 aromatic rings. The zero-order chi connectivity index (χ0) is 13.1. The molecule has 4 atom stereocenters. The van der Waals surface area contributed by atoms with Crippen molar-refractivity contribution in [3.63, 3.8) is 0 Å². The van der Waals surface area contributed by atoms with Crippen LogP contribution in [0, 0.1) is 0 Å². The van der Waals surface area contributed by atoms with Gasteiger partial charge in [0.1, 0.15) is 0 Å². The molecule has 2 saturated heterocycles. The minimum absolute atomic E-state index is 0.0226. The molecule has 0 bridgehead atoms. The van der Waals surface area contributed by atoms with Gasteiger partial charge in [-0.25, -0.2) is 0 Å². The molecule has 3 nitrogen and oxygen atoms in total. The van der Waals surface area contributed by atoms with Gasteiger partial charge < -0.3 is 9.47 Å². The van der Waals surface area contributed by atoms with E-state index in [4.69, 9.17) is 9.47 Å². The lowest BCUT2D eigenvalue weighted by Gasteiger charge is -2.14. The van der Waals surface area contributed by atoms with Crippen molar-refractivity contribution < 1.29 is 14.3 Å². The topological polar surface area (TPSA) is 42.1 Å². The zero-order valence-corrected chi connectivity index (χ0v) is 11.7. The fourth-order valence-electron chi connectivity index (χ4n) is 3.20. The van der Waals surface area contributed by atoms with Crippen molar-refractivity contribution in [1.29, 1.82) is 0 Å². The van der Waals surface area contributed by atoms with E-state index in [1.165, 1.54) is 0 Å². The van der Waals surface area contributed by atoms with Gasteiger partial charge in [0.15, 0.2) is 5.78 Å². The molecule has 0 amide bonds. The lowest BCUT2D eigenvalue weighted by atomic mass is 9.85. The van der Waals surface area contributed by atoms with Crippen molar-refractivity contribution in [2.24, 2.45) is 0 Å². The number of rotatable bonds is 0. The van der Waals surface area contributed by atoms with Crippen molar-refractivity contribution in [2.45, 2.75) is 76.8 Å². The number of hydrogen-bond acceptors (Lipinski definition) is 3. The van der Waals surface area contributed by atoms with E-state index in [0.29, 0.717) is 6.42 Å². The fourth-order valence-corrected chi connectivity index (χ4v) is 3.20. The van der Waals surface area contributed by atoms with Crippen molar-refractivity contribution in [3.8, 4) is 0 Å². The molecule has 0 N–H and O–H groups in total. The molecule has 2 heterocycles. The Kier molecular flexibility index (Phi) is 2.52. The molecule has 100 valence electrons. The van der Waals surface area contributed by atoms with Gasteiger partial charge in [0, 0.05) is 12.8 Å². The molecule has 0 aromatic carbocycles. The highest BCUT2D eigenvalue weighted by Crippen LogP contribution is 2.50. The Labute approximate surface area is 109 Å². The van der Waals surface area contributed by atoms with Crippen LogP contribution in [-0.4, -0.2) is 29.2 Å². The molecule has 18 heavy (non-hydrogen) atoms. The average molecular weight is 250 g/mol. The number of ether oxygens (including phenoxy) is 2. The van der Waals surface area contributed by atoms with Crippen LogP contribution < -0.4 is 0 Å². The SMILES string of the molecule is CC(C)=C1C[C@H]2O[C@]2(C)CC[C@H]2O[C@]2(C)CC1=O. The number of ketones is 1. The second kappa shape index (κ2) is 3.67. The molecule has 0 aromatic heterocycles. The number of hydrogen-bond donors (Lipinski definition) is 0. The van der Waals surface area contributed by atoms with Gasteiger partial charge in [-0.1, -0.05) is 5.57 Å². The van der Waals surface area contributed by atoms with Crippen LogP contribution >= 0.6 is 0 Å². The maximum Gasteiger partial charge on any atom is 0.161 e. The van der Waals surface area contributed by atoms with E-state index in [1.54, 1.807) is 0 Å². The Bertz CT molecular complexity index is 435. The van der Waals surface area contributed by atoms with Gasteiger partial charge in [0.2, 0.25) is 0 Å². The first-order valence-corrected chi connectivity index (χ1v) is 6.89. The zero-order valence-electron chi connectivity index (χ0n) is 11.7. The second-order valence-electron chi connectivity index (χ2n) is 6.66. The first-order valence-electron chi connectivity index (χ1n) is 6.89. The molecule has 0 radical (unpaired) electrons. The summed E-state index contributed by atoms with van der Waals surface area (Å²) in [5.41, 5.74) is 1.85. The van der Waals surface area contributed by atoms with Crippen LogP contribution in [0.5, 0.6) is 0 Å². The van der Waals surface area contributed by atoms with Crippen LogP contribution in [0.15, 0.2) is 11.1 Å². The van der Waals surface area contributed by atoms with Crippen LogP contribution in [0.3, 0.4) is 0 Å². The van der Waals surface area contributed by atoms with E-state index >= 15 is 0 Å². The molecule has 3 aliphatic rings. The first kappa shape index (κ1) is 12.4. The molecule has 3 fully saturated rings. The Hall–Kier alpha value is -0.670. The van der Waals surface area contributed by atoms with Gasteiger partial charge in [0.05, 0.1) is 23.4 Å². The van der Waals surface area contributed by atoms with Crippen molar-refractivity contribution in [3.05, 3.63) is 11.1 Å². The van der Waals surface area contributed by atoms with Crippen molar-refractivity contribution in [1.82, 2.24) is 0 Å². The molecule has 3 rings (SSSR count). The molecule has 2 aliphatic heterocycles. The lowest BCUT2D eigenvalue weighted by molar-refractivity contribution is -0.116. The highest BCUT2D eigenvalue weighted by Gasteiger charge is 2.58. The number of fused-ring (bicyclic) bond motifs is 2. The highest BCUT2D eigenvalue weighted by atomic mass is 16.6. The van der Waals surface area contributed by atoms with Gasteiger partial charge >= 0.3 is 0 Å². The summed E-state index contributed by atoms with van der Waals surface area (Å²) in [5.74, 6) is 0.250. The van der Waals surface area contributed by atoms with Gasteiger partial charge in [-0.15, -0.1) is 0 Å². The largest absolute Gasteiger partial charge is 0.366 e. The summed E-state index contributed by atoms with van der Waals surface area (Å²) in [4.78, 5) is 12.4. The summed E-state index contributed by atoms with van der Waals surface area (Å²) >= 11 is 0. The number of allylic oxidation sites excluding steroid dienone is 1. The molecular formula is C15H22O3. The minimum Gasteiger partial charge on any atom is -0.366 e. The van der Waals surface area contributed by atoms with E-state index in [9.17, 15) is 4.79 Å². The first-order chi connectivity index (χ1) is 8.34. The predicted molar refractivity (Wildman–Crippen MR) is 68.4 cm³/mol. The van der Waals surface area contributed by atoms with E-state index < -0.39 is 0 Å². The van der Waals surface area contributed by atoms with E-state index in [2.05, 4.69) is 13.8 Å². The van der Waals surface area contributed by atoms with Crippen molar-refractivity contribution in [2.75, 3.05) is 0 Å². The van der Waals surface area contributed by atoms with Gasteiger partial charge in [0.25, 0.3) is 0 Å². The normalized spacial score (nSPS) is 47.1. The summed E-state index contributed by atoms with van der Waals surface area (Å²) in [6.45, 7) is 8.26. The van der Waals surface area contributed by atoms with Gasteiger partial charge in [-0.2, -0.15) is 0 Å². The standard InChI is InChI=1S/C15H22O3/c1-9(2)10-7-13-14(3,18-13)6-5-12-15(4,17-12)8-11(10)16/h12-13H,5-8H2,1-4H3/t12-,13-,14-,15-/m1/s1. The number of epoxide rings is 2. The maximum absolute atomic E-state index is 12.4. The number of Topliss-reactive ketones (excluding diaryl/α,β-unsaturated/α-hetero) is 1. The Morgan fingerprint density at radius 3 is 2.50 bits per heavy atom. The second-order valence-corrected chi connectivity index (χ2v) is 6.66. The molecule has 3 heteroatoms. The fraction of sp³-hybridized carbons (Fsp3) is 0.800. The predicted octanol–water partition coefficient (Wildman–Crippen LogP) is 2.78.